The first-order valence-electron chi connectivity index (χ1n) is 6.00. The van der Waals surface area contributed by atoms with Gasteiger partial charge in [-0.3, -0.25) is 0 Å². The molecule has 0 bridgehead atoms. The molecule has 2 rings (SSSR count). The molecular formula is C14H19NO2. The van der Waals surface area contributed by atoms with E-state index < -0.39 is 0 Å². The molecular weight excluding hydrogens is 214 g/mol. The SMILES string of the molecule is COc1ccc(C=C2CCCCN2)cc1OC. The molecule has 0 atom stereocenters. The maximum absolute atomic E-state index is 5.29. The summed E-state index contributed by atoms with van der Waals surface area (Å²) in [6, 6.07) is 5.99. The monoisotopic (exact) mass is 233 g/mol. The standard InChI is InChI=1S/C14H19NO2/c1-16-13-7-6-11(10-14(13)17-2)9-12-5-3-4-8-15-12/h6-7,9-10,15H,3-5,8H2,1-2H3. The molecule has 1 N–H and O–H groups in total. The van der Waals surface area contributed by atoms with E-state index in [1.165, 1.54) is 18.5 Å². The fourth-order valence-electron chi connectivity index (χ4n) is 2.04. The number of rotatable bonds is 3. The summed E-state index contributed by atoms with van der Waals surface area (Å²) in [5, 5.41) is 3.42. The molecule has 1 aromatic carbocycles. The lowest BCUT2D eigenvalue weighted by atomic mass is 10.1. The number of hydrogen-bond donors (Lipinski definition) is 1. The van der Waals surface area contributed by atoms with Crippen LogP contribution in [-0.4, -0.2) is 20.8 Å². The summed E-state index contributed by atoms with van der Waals surface area (Å²) in [5.41, 5.74) is 2.45. The van der Waals surface area contributed by atoms with Gasteiger partial charge >= 0.3 is 0 Å². The van der Waals surface area contributed by atoms with Crippen LogP contribution in [0.2, 0.25) is 0 Å². The average Bonchev–Trinajstić information content (AvgIpc) is 2.40. The zero-order valence-corrected chi connectivity index (χ0v) is 10.5. The molecule has 1 aliphatic rings. The van der Waals surface area contributed by atoms with Crippen LogP contribution in [0.25, 0.3) is 6.08 Å². The average molecular weight is 233 g/mol. The molecule has 3 heteroatoms. The maximum Gasteiger partial charge on any atom is 0.161 e. The minimum atomic E-state index is 0.770. The second-order valence-electron chi connectivity index (χ2n) is 4.17. The third-order valence-corrected chi connectivity index (χ3v) is 2.97. The molecule has 0 spiro atoms. The van der Waals surface area contributed by atoms with Crippen LogP contribution in [0.3, 0.4) is 0 Å². The predicted molar refractivity (Wildman–Crippen MR) is 69.4 cm³/mol. The van der Waals surface area contributed by atoms with Crippen LogP contribution in [-0.2, 0) is 0 Å². The Kier molecular flexibility index (Phi) is 3.91. The van der Waals surface area contributed by atoms with E-state index in [-0.39, 0.29) is 0 Å². The topological polar surface area (TPSA) is 30.5 Å². The van der Waals surface area contributed by atoms with Crippen molar-refractivity contribution in [2.24, 2.45) is 0 Å². The highest BCUT2D eigenvalue weighted by atomic mass is 16.5. The second kappa shape index (κ2) is 5.62. The number of methoxy groups -OCH3 is 2. The van der Waals surface area contributed by atoms with E-state index in [2.05, 4.69) is 11.4 Å². The van der Waals surface area contributed by atoms with E-state index in [4.69, 9.17) is 9.47 Å². The van der Waals surface area contributed by atoms with Crippen molar-refractivity contribution >= 4 is 6.08 Å². The Labute approximate surface area is 102 Å². The van der Waals surface area contributed by atoms with Gasteiger partial charge in [0.1, 0.15) is 0 Å². The quantitative estimate of drug-likeness (QED) is 0.870. The molecule has 0 aliphatic carbocycles. The zero-order valence-electron chi connectivity index (χ0n) is 10.5. The number of hydrogen-bond acceptors (Lipinski definition) is 3. The molecule has 1 aliphatic heterocycles. The number of piperidine rings is 1. The molecule has 0 saturated carbocycles. The second-order valence-corrected chi connectivity index (χ2v) is 4.17. The largest absolute Gasteiger partial charge is 0.493 e. The highest BCUT2D eigenvalue weighted by Crippen LogP contribution is 2.28. The minimum absolute atomic E-state index is 0.770. The molecule has 1 aromatic rings. The lowest BCUT2D eigenvalue weighted by Crippen LogP contribution is -2.19. The van der Waals surface area contributed by atoms with Gasteiger partial charge in [-0.05, 0) is 43.0 Å². The Morgan fingerprint density at radius 1 is 1.12 bits per heavy atom. The molecule has 0 amide bonds. The summed E-state index contributed by atoms with van der Waals surface area (Å²) in [7, 11) is 3.31. The fourth-order valence-corrected chi connectivity index (χ4v) is 2.04. The molecule has 3 nitrogen and oxygen atoms in total. The van der Waals surface area contributed by atoms with Gasteiger partial charge in [0.2, 0.25) is 0 Å². The Morgan fingerprint density at radius 3 is 2.59 bits per heavy atom. The molecule has 0 aromatic heterocycles. The molecule has 92 valence electrons. The Hall–Kier alpha value is -1.64. The van der Waals surface area contributed by atoms with Gasteiger partial charge in [0, 0.05) is 12.2 Å². The van der Waals surface area contributed by atoms with E-state index in [1.807, 2.05) is 18.2 Å². The smallest absolute Gasteiger partial charge is 0.161 e. The Morgan fingerprint density at radius 2 is 1.94 bits per heavy atom. The summed E-state index contributed by atoms with van der Waals surface area (Å²) in [6.07, 6.45) is 5.85. The third kappa shape index (κ3) is 2.93. The normalized spacial score (nSPS) is 17.6. The highest BCUT2D eigenvalue weighted by Gasteiger charge is 2.06. The van der Waals surface area contributed by atoms with Crippen LogP contribution in [0, 0.1) is 0 Å². The van der Waals surface area contributed by atoms with Crippen LogP contribution >= 0.6 is 0 Å². The fraction of sp³-hybridized carbons (Fsp3) is 0.429. The first kappa shape index (κ1) is 11.8. The van der Waals surface area contributed by atoms with Crippen molar-refractivity contribution in [3.63, 3.8) is 0 Å². The van der Waals surface area contributed by atoms with E-state index in [0.717, 1.165) is 30.0 Å². The Bertz CT molecular complexity index is 405. The van der Waals surface area contributed by atoms with Crippen LogP contribution < -0.4 is 14.8 Å². The van der Waals surface area contributed by atoms with E-state index in [0.29, 0.717) is 0 Å². The number of allylic oxidation sites excluding steroid dienone is 1. The summed E-state index contributed by atoms with van der Waals surface area (Å²) in [6.45, 7) is 1.08. The summed E-state index contributed by atoms with van der Waals surface area (Å²) >= 11 is 0. The van der Waals surface area contributed by atoms with Gasteiger partial charge in [-0.15, -0.1) is 0 Å². The number of ether oxygens (including phenoxy) is 2. The van der Waals surface area contributed by atoms with Crippen molar-refractivity contribution < 1.29 is 9.47 Å². The third-order valence-electron chi connectivity index (χ3n) is 2.97. The lowest BCUT2D eigenvalue weighted by Gasteiger charge is -2.16. The molecule has 1 fully saturated rings. The van der Waals surface area contributed by atoms with Crippen molar-refractivity contribution in [1.82, 2.24) is 5.32 Å². The van der Waals surface area contributed by atoms with Crippen LogP contribution in [0.4, 0.5) is 0 Å². The predicted octanol–water partition coefficient (Wildman–Crippen LogP) is 2.82. The van der Waals surface area contributed by atoms with E-state index >= 15 is 0 Å². The molecule has 0 radical (unpaired) electrons. The molecule has 0 unspecified atom stereocenters. The Balaban J connectivity index is 2.21. The van der Waals surface area contributed by atoms with E-state index in [9.17, 15) is 0 Å². The van der Waals surface area contributed by atoms with Gasteiger partial charge in [-0.25, -0.2) is 0 Å². The summed E-state index contributed by atoms with van der Waals surface area (Å²) in [4.78, 5) is 0. The van der Waals surface area contributed by atoms with Gasteiger partial charge in [-0.1, -0.05) is 6.07 Å². The number of benzene rings is 1. The van der Waals surface area contributed by atoms with Gasteiger partial charge in [-0.2, -0.15) is 0 Å². The van der Waals surface area contributed by atoms with Crippen LogP contribution in [0.15, 0.2) is 23.9 Å². The van der Waals surface area contributed by atoms with Crippen LogP contribution in [0.5, 0.6) is 11.5 Å². The first-order valence-corrected chi connectivity index (χ1v) is 6.00. The first-order chi connectivity index (χ1) is 8.33. The van der Waals surface area contributed by atoms with Gasteiger partial charge < -0.3 is 14.8 Å². The van der Waals surface area contributed by atoms with Crippen LogP contribution in [0.1, 0.15) is 24.8 Å². The highest BCUT2D eigenvalue weighted by molar-refractivity contribution is 5.58. The van der Waals surface area contributed by atoms with Crippen molar-refractivity contribution in [3.05, 3.63) is 29.5 Å². The maximum atomic E-state index is 5.29. The van der Waals surface area contributed by atoms with E-state index in [1.54, 1.807) is 14.2 Å². The van der Waals surface area contributed by atoms with Crippen molar-refractivity contribution in [3.8, 4) is 11.5 Å². The van der Waals surface area contributed by atoms with Gasteiger partial charge in [0.15, 0.2) is 11.5 Å². The summed E-state index contributed by atoms with van der Waals surface area (Å²) < 4.78 is 10.5. The van der Waals surface area contributed by atoms with Gasteiger partial charge in [0.25, 0.3) is 0 Å². The molecule has 17 heavy (non-hydrogen) atoms. The van der Waals surface area contributed by atoms with Crippen molar-refractivity contribution in [2.45, 2.75) is 19.3 Å². The minimum Gasteiger partial charge on any atom is -0.493 e. The number of nitrogens with one attached hydrogen (secondary N) is 1. The molecule has 1 saturated heterocycles. The zero-order chi connectivity index (χ0) is 12.1. The molecule has 1 heterocycles. The van der Waals surface area contributed by atoms with Crippen molar-refractivity contribution in [2.75, 3.05) is 20.8 Å². The van der Waals surface area contributed by atoms with Crippen molar-refractivity contribution in [1.29, 1.82) is 0 Å². The lowest BCUT2D eigenvalue weighted by molar-refractivity contribution is 0.355. The van der Waals surface area contributed by atoms with Gasteiger partial charge in [0.05, 0.1) is 14.2 Å². The summed E-state index contributed by atoms with van der Waals surface area (Å²) in [5.74, 6) is 1.55.